The van der Waals surface area contributed by atoms with Crippen LogP contribution in [0.2, 0.25) is 0 Å². The van der Waals surface area contributed by atoms with E-state index in [1.807, 2.05) is 6.08 Å². The van der Waals surface area contributed by atoms with Crippen LogP contribution in [0.3, 0.4) is 0 Å². The molecule has 256 valence electrons. The highest BCUT2D eigenvalue weighted by molar-refractivity contribution is 6.22. The number of aryl methyl sites for hydroxylation is 2. The summed E-state index contributed by atoms with van der Waals surface area (Å²) in [4.78, 5) is 2.45. The zero-order valence-electron chi connectivity index (χ0n) is 30.6. The first-order valence-electron chi connectivity index (χ1n) is 18.7. The van der Waals surface area contributed by atoms with Gasteiger partial charge in [-0.1, -0.05) is 128 Å². The van der Waals surface area contributed by atoms with Crippen molar-refractivity contribution < 1.29 is 0 Å². The predicted octanol–water partition coefficient (Wildman–Crippen LogP) is 14.5. The first-order valence-corrected chi connectivity index (χ1v) is 18.7. The van der Waals surface area contributed by atoms with Gasteiger partial charge in [0.2, 0.25) is 0 Å². The monoisotopic (exact) mass is 682 g/mol. The van der Waals surface area contributed by atoms with E-state index in [1.165, 1.54) is 77.3 Å². The summed E-state index contributed by atoms with van der Waals surface area (Å²) in [7, 11) is 0. The van der Waals surface area contributed by atoms with E-state index in [0.29, 0.717) is 0 Å². The molecule has 0 saturated heterocycles. The highest BCUT2D eigenvalue weighted by Gasteiger charge is 2.24. The number of para-hydroxylation sites is 1. The number of allylic oxidation sites excluding steroid dienone is 5. The van der Waals surface area contributed by atoms with Gasteiger partial charge >= 0.3 is 0 Å². The number of benzene rings is 6. The van der Waals surface area contributed by atoms with Crippen LogP contribution < -0.4 is 4.90 Å². The summed E-state index contributed by atoms with van der Waals surface area (Å²) in [5.74, 6) is 0. The average molecular weight is 683 g/mol. The fraction of sp³-hybridized carbons (Fsp3) is 0.0980. The summed E-state index contributed by atoms with van der Waals surface area (Å²) in [5.41, 5.74) is 18.2. The molecule has 0 N–H and O–H groups in total. The maximum atomic E-state index is 4.21. The summed E-state index contributed by atoms with van der Waals surface area (Å²) in [6, 6.07) is 47.0. The third kappa shape index (κ3) is 5.41. The quantitative estimate of drug-likeness (QED) is 0.155. The van der Waals surface area contributed by atoms with Gasteiger partial charge < -0.3 is 9.30 Å². The first kappa shape index (κ1) is 32.5. The summed E-state index contributed by atoms with van der Waals surface area (Å²) >= 11 is 0. The normalized spacial score (nSPS) is 13.1. The number of hydrogen-bond acceptors (Lipinski definition) is 1. The molecule has 6 aromatic carbocycles. The van der Waals surface area contributed by atoms with Crippen molar-refractivity contribution in [3.8, 4) is 22.3 Å². The second-order valence-electron chi connectivity index (χ2n) is 14.1. The van der Waals surface area contributed by atoms with Crippen molar-refractivity contribution in [1.82, 2.24) is 4.40 Å². The average Bonchev–Trinajstić information content (AvgIpc) is 3.72. The maximum absolute atomic E-state index is 4.21. The lowest BCUT2D eigenvalue weighted by molar-refractivity contribution is 1.04. The van der Waals surface area contributed by atoms with Crippen LogP contribution in [0.15, 0.2) is 158 Å². The van der Waals surface area contributed by atoms with Crippen molar-refractivity contribution >= 4 is 62.0 Å². The van der Waals surface area contributed by atoms with Crippen LogP contribution in [0, 0.1) is 13.8 Å². The van der Waals surface area contributed by atoms with E-state index in [4.69, 9.17) is 0 Å². The first-order chi connectivity index (χ1) is 26.1. The molecule has 1 aliphatic rings. The Morgan fingerprint density at radius 2 is 1.42 bits per heavy atom. The molecule has 2 aromatic heterocycles. The molecule has 0 saturated carbocycles. The zero-order valence-corrected chi connectivity index (χ0v) is 30.6. The number of nitrogens with zero attached hydrogens (tertiary/aromatic N) is 2. The van der Waals surface area contributed by atoms with Crippen molar-refractivity contribution in [2.24, 2.45) is 0 Å². The van der Waals surface area contributed by atoms with E-state index >= 15 is 0 Å². The Kier molecular flexibility index (Phi) is 8.16. The highest BCUT2D eigenvalue weighted by atomic mass is 15.1. The lowest BCUT2D eigenvalue weighted by atomic mass is 9.91. The number of anilines is 3. The van der Waals surface area contributed by atoms with Gasteiger partial charge in [-0.2, -0.15) is 0 Å². The fourth-order valence-electron chi connectivity index (χ4n) is 8.42. The van der Waals surface area contributed by atoms with Crippen molar-refractivity contribution in [3.05, 3.63) is 186 Å². The fourth-order valence-corrected chi connectivity index (χ4v) is 8.42. The molecule has 2 heteroatoms. The third-order valence-electron chi connectivity index (χ3n) is 10.9. The summed E-state index contributed by atoms with van der Waals surface area (Å²) in [6.45, 7) is 10.8. The van der Waals surface area contributed by atoms with Crippen LogP contribution in [0.1, 0.15) is 47.7 Å². The van der Waals surface area contributed by atoms with Gasteiger partial charge in [0, 0.05) is 33.1 Å². The molecule has 2 nitrogen and oxygen atoms in total. The lowest BCUT2D eigenvalue weighted by Crippen LogP contribution is -2.11. The van der Waals surface area contributed by atoms with Crippen LogP contribution in [0.5, 0.6) is 0 Å². The van der Waals surface area contributed by atoms with Gasteiger partial charge in [-0.15, -0.1) is 0 Å². The molecular weight excluding hydrogens is 641 g/mol. The van der Waals surface area contributed by atoms with Gasteiger partial charge in [-0.3, -0.25) is 0 Å². The molecule has 53 heavy (non-hydrogen) atoms. The molecule has 0 unspecified atom stereocenters. The van der Waals surface area contributed by atoms with Crippen molar-refractivity contribution in [2.45, 2.75) is 33.6 Å². The molecule has 1 aliphatic carbocycles. The standard InChI is InChI=1S/C51H42N2/c1-5-15-47-42(6-2)44-20-13-21-45-50-48(22-14-23-49(50)53(47)51(44)45)52(40-29-25-38(26-30-40)36-16-9-7-10-17-36)41-28-24-34(3)46(33-41)43-31-27-39(32-35(43)4)37-18-11-8-12-19-37/h5-7,9-11,13-33H,2,8,12H2,1,3-4H3/b15-5-. The second kappa shape index (κ2) is 13.3. The predicted molar refractivity (Wildman–Crippen MR) is 230 cm³/mol. The van der Waals surface area contributed by atoms with E-state index in [-0.39, 0.29) is 0 Å². The molecule has 0 bridgehead atoms. The molecular formula is C51H42N2. The number of aromatic nitrogens is 1. The molecule has 0 atom stereocenters. The molecule has 2 heterocycles. The highest BCUT2D eigenvalue weighted by Crippen LogP contribution is 2.47. The summed E-state index contributed by atoms with van der Waals surface area (Å²) in [5, 5.41) is 3.70. The van der Waals surface area contributed by atoms with E-state index in [2.05, 4.69) is 194 Å². The molecule has 0 amide bonds. The second-order valence-corrected chi connectivity index (χ2v) is 14.1. The Hall–Kier alpha value is -6.38. The number of hydrogen-bond donors (Lipinski definition) is 0. The molecule has 9 rings (SSSR count). The Morgan fingerprint density at radius 1 is 0.660 bits per heavy atom. The topological polar surface area (TPSA) is 7.65 Å². The minimum Gasteiger partial charge on any atom is -0.310 e. The van der Waals surface area contributed by atoms with Gasteiger partial charge in [-0.05, 0) is 121 Å². The van der Waals surface area contributed by atoms with Gasteiger partial charge in [0.25, 0.3) is 0 Å². The van der Waals surface area contributed by atoms with Crippen molar-refractivity contribution in [1.29, 1.82) is 0 Å². The number of fused-ring (bicyclic) bond motifs is 3. The minimum atomic E-state index is 1.10. The van der Waals surface area contributed by atoms with E-state index in [1.54, 1.807) is 0 Å². The van der Waals surface area contributed by atoms with Crippen molar-refractivity contribution in [3.63, 3.8) is 0 Å². The largest absolute Gasteiger partial charge is 0.310 e. The van der Waals surface area contributed by atoms with E-state index in [9.17, 15) is 0 Å². The Balaban J connectivity index is 1.27. The summed E-state index contributed by atoms with van der Waals surface area (Å²) < 4.78 is 2.43. The van der Waals surface area contributed by atoms with Gasteiger partial charge in [0.1, 0.15) is 0 Å². The van der Waals surface area contributed by atoms with Gasteiger partial charge in [0.05, 0.1) is 22.4 Å². The molecule has 0 aliphatic heterocycles. The lowest BCUT2D eigenvalue weighted by Gasteiger charge is -2.28. The van der Waals surface area contributed by atoms with Crippen LogP contribution in [0.4, 0.5) is 17.1 Å². The number of rotatable bonds is 8. The smallest absolute Gasteiger partial charge is 0.0621 e. The van der Waals surface area contributed by atoms with Gasteiger partial charge in [0.15, 0.2) is 0 Å². The van der Waals surface area contributed by atoms with Gasteiger partial charge in [-0.25, -0.2) is 0 Å². The maximum Gasteiger partial charge on any atom is 0.0621 e. The zero-order chi connectivity index (χ0) is 36.1. The molecule has 0 fully saturated rings. The minimum absolute atomic E-state index is 1.10. The molecule has 8 aromatic rings. The Bertz CT molecular complexity index is 2750. The molecule has 0 spiro atoms. The Morgan fingerprint density at radius 3 is 2.17 bits per heavy atom. The van der Waals surface area contributed by atoms with Crippen LogP contribution in [-0.4, -0.2) is 4.40 Å². The SMILES string of the molecule is C=Cc1c(/C=C\C)n2c3cccc(N(c4ccc(-c5ccccc5)cc4)c4ccc(C)c(-c5ccc(C6=CCCC=C6)cc5C)c4)c3c3cccc1c32. The Labute approximate surface area is 312 Å². The van der Waals surface area contributed by atoms with Crippen molar-refractivity contribution in [2.75, 3.05) is 4.90 Å². The van der Waals surface area contributed by atoms with Crippen LogP contribution in [-0.2, 0) is 0 Å². The summed E-state index contributed by atoms with van der Waals surface area (Å²) in [6.07, 6.45) is 15.5. The van der Waals surface area contributed by atoms with E-state index < -0.39 is 0 Å². The van der Waals surface area contributed by atoms with Crippen LogP contribution in [0.25, 0.3) is 67.2 Å². The van der Waals surface area contributed by atoms with E-state index in [0.717, 1.165) is 35.6 Å². The third-order valence-corrected chi connectivity index (χ3v) is 10.9. The van der Waals surface area contributed by atoms with Crippen LogP contribution >= 0.6 is 0 Å². The molecule has 0 radical (unpaired) electrons.